The van der Waals surface area contributed by atoms with Crippen LogP contribution in [0.2, 0.25) is 0 Å². The molecule has 0 fully saturated rings. The molecular formula is C14H13ClF4N4O2. The van der Waals surface area contributed by atoms with Gasteiger partial charge in [0, 0.05) is 5.56 Å². The zero-order chi connectivity index (χ0) is 18.7. The molecule has 0 aromatic heterocycles. The number of halogens is 5. The van der Waals surface area contributed by atoms with E-state index in [2.05, 4.69) is 11.1 Å². The molecule has 0 unspecified atom stereocenters. The van der Waals surface area contributed by atoms with Gasteiger partial charge in [0.1, 0.15) is 0 Å². The predicted molar refractivity (Wildman–Crippen MR) is 83.2 cm³/mol. The van der Waals surface area contributed by atoms with E-state index in [1.165, 1.54) is 12.1 Å². The fraction of sp³-hybridized carbons (Fsp3) is 0. The van der Waals surface area contributed by atoms with Crippen LogP contribution in [0.25, 0.3) is 0 Å². The summed E-state index contributed by atoms with van der Waals surface area (Å²) in [4.78, 5) is 0. The van der Waals surface area contributed by atoms with E-state index < -0.39 is 23.3 Å². The van der Waals surface area contributed by atoms with Crippen LogP contribution in [0.3, 0.4) is 0 Å². The van der Waals surface area contributed by atoms with Crippen molar-refractivity contribution < 1.29 is 28.0 Å². The topological polar surface area (TPSA) is 129 Å². The fourth-order valence-corrected chi connectivity index (χ4v) is 1.28. The Balaban J connectivity index is 0. The van der Waals surface area contributed by atoms with Crippen molar-refractivity contribution in [3.8, 4) is 6.07 Å². The minimum absolute atomic E-state index is 0. The molecule has 25 heavy (non-hydrogen) atoms. The standard InChI is InChI=1S/C7H6F2N2O.C7H3F2N.ClH.H3NO/c8-5-2-1-4(3-6(5)9)7(10)11-12;8-6-2-1-5(4-10)3-7(6)9;;1-2/h1-3,12H,(H2,10,11);1-3H;1H;2H,1H2. The second kappa shape index (κ2) is 12.5. The number of nitriles is 1. The van der Waals surface area contributed by atoms with E-state index in [1.807, 2.05) is 0 Å². The van der Waals surface area contributed by atoms with E-state index in [4.69, 9.17) is 21.4 Å². The van der Waals surface area contributed by atoms with Crippen LogP contribution < -0.4 is 11.6 Å². The number of amidine groups is 1. The summed E-state index contributed by atoms with van der Waals surface area (Å²) in [5.74, 6) is -0.671. The van der Waals surface area contributed by atoms with Gasteiger partial charge >= 0.3 is 0 Å². The van der Waals surface area contributed by atoms with Crippen molar-refractivity contribution in [1.82, 2.24) is 0 Å². The first-order valence-corrected chi connectivity index (χ1v) is 5.93. The molecule has 2 rings (SSSR count). The highest BCUT2D eigenvalue weighted by molar-refractivity contribution is 5.96. The monoisotopic (exact) mass is 380 g/mol. The van der Waals surface area contributed by atoms with E-state index in [0.717, 1.165) is 24.3 Å². The lowest BCUT2D eigenvalue weighted by Crippen LogP contribution is -2.13. The molecule has 6 N–H and O–H groups in total. The average molecular weight is 381 g/mol. The van der Waals surface area contributed by atoms with Crippen molar-refractivity contribution in [3.05, 3.63) is 70.8 Å². The van der Waals surface area contributed by atoms with Crippen LogP contribution in [-0.4, -0.2) is 16.3 Å². The molecule has 0 amide bonds. The molecule has 0 heterocycles. The second-order valence-electron chi connectivity index (χ2n) is 3.85. The van der Waals surface area contributed by atoms with Gasteiger partial charge in [-0.1, -0.05) is 5.16 Å². The Bertz CT molecular complexity index is 754. The lowest BCUT2D eigenvalue weighted by molar-refractivity contribution is 0.311. The van der Waals surface area contributed by atoms with Crippen LogP contribution in [-0.2, 0) is 0 Å². The molecule has 0 atom stereocenters. The zero-order valence-corrected chi connectivity index (χ0v) is 13.1. The van der Waals surface area contributed by atoms with Crippen molar-refractivity contribution in [2.75, 3.05) is 0 Å². The largest absolute Gasteiger partial charge is 0.409 e. The molecule has 6 nitrogen and oxygen atoms in total. The molecule has 0 radical (unpaired) electrons. The smallest absolute Gasteiger partial charge is 0.170 e. The molecule has 0 saturated heterocycles. The average Bonchev–Trinajstić information content (AvgIpc) is 2.61. The molecule has 0 aliphatic heterocycles. The molecule has 2 aromatic rings. The van der Waals surface area contributed by atoms with Crippen LogP contribution in [0.15, 0.2) is 41.6 Å². The minimum Gasteiger partial charge on any atom is -0.409 e. The van der Waals surface area contributed by atoms with Crippen LogP contribution in [0, 0.1) is 34.6 Å². The van der Waals surface area contributed by atoms with Crippen LogP contribution in [0.4, 0.5) is 17.6 Å². The Morgan fingerprint density at radius 2 is 1.40 bits per heavy atom. The molecular weight excluding hydrogens is 368 g/mol. The lowest BCUT2D eigenvalue weighted by Gasteiger charge is -1.98. The summed E-state index contributed by atoms with van der Waals surface area (Å²) >= 11 is 0. The van der Waals surface area contributed by atoms with E-state index in [1.54, 1.807) is 6.07 Å². The van der Waals surface area contributed by atoms with Crippen molar-refractivity contribution in [2.24, 2.45) is 16.8 Å². The fourth-order valence-electron chi connectivity index (χ4n) is 1.28. The van der Waals surface area contributed by atoms with Gasteiger partial charge < -0.3 is 16.1 Å². The maximum atomic E-state index is 12.5. The number of nitrogens with two attached hydrogens (primary N) is 2. The summed E-state index contributed by atoms with van der Waals surface area (Å²) < 4.78 is 49.2. The van der Waals surface area contributed by atoms with E-state index in [9.17, 15) is 17.6 Å². The number of rotatable bonds is 1. The maximum Gasteiger partial charge on any atom is 0.170 e. The molecule has 0 bridgehead atoms. The van der Waals surface area contributed by atoms with Crippen molar-refractivity contribution in [1.29, 1.82) is 5.26 Å². The summed E-state index contributed by atoms with van der Waals surface area (Å²) in [6.07, 6.45) is 0. The first-order valence-electron chi connectivity index (χ1n) is 5.93. The van der Waals surface area contributed by atoms with Gasteiger partial charge in [0.15, 0.2) is 29.1 Å². The number of hydrogen-bond acceptors (Lipinski definition) is 5. The summed E-state index contributed by atoms with van der Waals surface area (Å²) in [5, 5.41) is 25.5. The predicted octanol–water partition coefficient (Wildman–Crippen LogP) is 2.65. The van der Waals surface area contributed by atoms with Crippen LogP contribution >= 0.6 is 12.4 Å². The van der Waals surface area contributed by atoms with Gasteiger partial charge in [0.2, 0.25) is 0 Å². The Kier molecular flexibility index (Phi) is 12.2. The number of benzene rings is 2. The Morgan fingerprint density at radius 3 is 1.80 bits per heavy atom. The highest BCUT2D eigenvalue weighted by Crippen LogP contribution is 2.08. The van der Waals surface area contributed by atoms with Crippen LogP contribution in [0.1, 0.15) is 11.1 Å². The highest BCUT2D eigenvalue weighted by atomic mass is 35.5. The van der Waals surface area contributed by atoms with E-state index in [0.29, 0.717) is 0 Å². The van der Waals surface area contributed by atoms with Crippen LogP contribution in [0.5, 0.6) is 0 Å². The van der Waals surface area contributed by atoms with Gasteiger partial charge in [-0.05, 0) is 36.4 Å². The van der Waals surface area contributed by atoms with Gasteiger partial charge in [-0.3, -0.25) is 0 Å². The van der Waals surface area contributed by atoms with Gasteiger partial charge in [0.25, 0.3) is 0 Å². The van der Waals surface area contributed by atoms with E-state index in [-0.39, 0.29) is 29.4 Å². The molecule has 0 saturated carbocycles. The molecule has 0 aliphatic carbocycles. The quantitative estimate of drug-likeness (QED) is 0.199. The summed E-state index contributed by atoms with van der Waals surface area (Å²) in [6, 6.07) is 7.66. The lowest BCUT2D eigenvalue weighted by atomic mass is 10.2. The van der Waals surface area contributed by atoms with Crippen molar-refractivity contribution in [2.45, 2.75) is 0 Å². The van der Waals surface area contributed by atoms with Gasteiger partial charge in [-0.15, -0.1) is 12.4 Å². The first-order chi connectivity index (χ1) is 11.4. The van der Waals surface area contributed by atoms with Gasteiger partial charge in [-0.2, -0.15) is 5.26 Å². The third-order valence-electron chi connectivity index (χ3n) is 2.37. The Morgan fingerprint density at radius 1 is 0.920 bits per heavy atom. The number of oxime groups is 1. The zero-order valence-electron chi connectivity index (χ0n) is 12.3. The molecule has 2 aromatic carbocycles. The first kappa shape index (κ1) is 24.4. The third-order valence-corrected chi connectivity index (χ3v) is 2.37. The molecule has 11 heteroatoms. The number of nitrogens with zero attached hydrogens (tertiary/aromatic N) is 2. The molecule has 136 valence electrons. The second-order valence-corrected chi connectivity index (χ2v) is 3.85. The summed E-state index contributed by atoms with van der Waals surface area (Å²) in [6.45, 7) is 0. The third kappa shape index (κ3) is 7.98. The molecule has 0 aliphatic rings. The summed E-state index contributed by atoms with van der Waals surface area (Å²) in [5.41, 5.74) is 5.38. The highest BCUT2D eigenvalue weighted by Gasteiger charge is 2.04. The van der Waals surface area contributed by atoms with Gasteiger partial charge in [0.05, 0.1) is 11.6 Å². The Labute approximate surface area is 146 Å². The normalized spacial score (nSPS) is 9.40. The Hall–Kier alpha value is -2.87. The van der Waals surface area contributed by atoms with E-state index >= 15 is 0 Å². The van der Waals surface area contributed by atoms with Crippen molar-refractivity contribution in [3.63, 3.8) is 0 Å². The number of hydrogen-bond donors (Lipinski definition) is 4. The van der Waals surface area contributed by atoms with Gasteiger partial charge in [-0.25, -0.2) is 23.5 Å². The SMILES string of the molecule is Cl.N#Cc1ccc(F)c(F)c1.NC(=NO)c1ccc(F)c(F)c1.NO. The van der Waals surface area contributed by atoms with Crippen molar-refractivity contribution >= 4 is 18.2 Å². The summed E-state index contributed by atoms with van der Waals surface area (Å²) in [7, 11) is 0. The maximum absolute atomic E-state index is 12.5. The minimum atomic E-state index is -1.03. The molecule has 0 spiro atoms.